The van der Waals surface area contributed by atoms with E-state index in [1.807, 2.05) is 0 Å². The highest BCUT2D eigenvalue weighted by molar-refractivity contribution is 8.00. The molecule has 24 heavy (non-hydrogen) atoms. The molecule has 1 N–H and O–H groups in total. The Kier molecular flexibility index (Phi) is 7.05. The number of hydrogen-bond donors (Lipinski definition) is 1. The van der Waals surface area contributed by atoms with Crippen LogP contribution in [0.2, 0.25) is 0 Å². The van der Waals surface area contributed by atoms with Gasteiger partial charge in [0.1, 0.15) is 0 Å². The van der Waals surface area contributed by atoms with E-state index in [0.29, 0.717) is 0 Å². The first-order valence-electron chi connectivity index (χ1n) is 7.87. The highest BCUT2D eigenvalue weighted by Gasteiger charge is 2.16. The van der Waals surface area contributed by atoms with Crippen molar-refractivity contribution in [2.24, 2.45) is 0 Å². The van der Waals surface area contributed by atoms with Gasteiger partial charge in [0, 0.05) is 23.1 Å². The zero-order valence-corrected chi connectivity index (χ0v) is 14.0. The van der Waals surface area contributed by atoms with Gasteiger partial charge in [-0.1, -0.05) is 19.3 Å². The van der Waals surface area contributed by atoms with Crippen molar-refractivity contribution >= 4 is 29.3 Å². The molecule has 1 amide bonds. The van der Waals surface area contributed by atoms with E-state index >= 15 is 0 Å². The lowest BCUT2D eigenvalue weighted by Gasteiger charge is -2.22. The average Bonchev–Trinajstić information content (AvgIpc) is 2.59. The molecule has 0 saturated heterocycles. The van der Waals surface area contributed by atoms with Crippen LogP contribution in [0.25, 0.3) is 0 Å². The number of amides is 1. The second kappa shape index (κ2) is 9.27. The van der Waals surface area contributed by atoms with Crippen LogP contribution in [0.5, 0.6) is 0 Å². The minimum atomic E-state index is -0.489. The standard InChI is InChI=1S/C16H20N2O5S/c19-15(17-12-4-2-1-3-5-12)10-23-16(20)11-24-14-8-6-13(7-9-14)18(21)22/h6-9,12H,1-5,10-11H2,(H,17,19). The maximum absolute atomic E-state index is 11.7. The molecule has 1 aliphatic rings. The number of carbonyl (C=O) groups excluding carboxylic acids is 2. The molecule has 0 atom stereocenters. The quantitative estimate of drug-likeness (QED) is 0.351. The van der Waals surface area contributed by atoms with Crippen molar-refractivity contribution in [3.63, 3.8) is 0 Å². The van der Waals surface area contributed by atoms with Gasteiger partial charge >= 0.3 is 5.97 Å². The first kappa shape index (κ1) is 18.3. The fourth-order valence-electron chi connectivity index (χ4n) is 2.51. The second-order valence-corrected chi connectivity index (χ2v) is 6.65. The monoisotopic (exact) mass is 352 g/mol. The van der Waals surface area contributed by atoms with Crippen molar-refractivity contribution in [1.29, 1.82) is 0 Å². The fraction of sp³-hybridized carbons (Fsp3) is 0.500. The Hall–Kier alpha value is -2.09. The summed E-state index contributed by atoms with van der Waals surface area (Å²) in [7, 11) is 0. The number of carbonyl (C=O) groups is 2. The normalized spacial score (nSPS) is 14.8. The number of nitrogens with one attached hydrogen (secondary N) is 1. The first-order valence-corrected chi connectivity index (χ1v) is 8.85. The van der Waals surface area contributed by atoms with Crippen molar-refractivity contribution in [1.82, 2.24) is 5.32 Å². The van der Waals surface area contributed by atoms with Gasteiger partial charge in [0.15, 0.2) is 6.61 Å². The number of rotatable bonds is 7. The maximum Gasteiger partial charge on any atom is 0.316 e. The van der Waals surface area contributed by atoms with E-state index < -0.39 is 10.9 Å². The van der Waals surface area contributed by atoms with Crippen LogP contribution in [0, 0.1) is 10.1 Å². The highest BCUT2D eigenvalue weighted by atomic mass is 32.2. The van der Waals surface area contributed by atoms with Gasteiger partial charge in [-0.15, -0.1) is 11.8 Å². The number of esters is 1. The van der Waals surface area contributed by atoms with Crippen molar-refractivity contribution in [2.45, 2.75) is 43.0 Å². The Labute approximate surface area is 144 Å². The number of nitro groups is 1. The molecular weight excluding hydrogens is 332 g/mol. The van der Waals surface area contributed by atoms with Crippen molar-refractivity contribution in [2.75, 3.05) is 12.4 Å². The third kappa shape index (κ3) is 6.19. The summed E-state index contributed by atoms with van der Waals surface area (Å²) >= 11 is 1.21. The summed E-state index contributed by atoms with van der Waals surface area (Å²) in [4.78, 5) is 34.2. The molecule has 0 aromatic heterocycles. The summed E-state index contributed by atoms with van der Waals surface area (Å²) in [6.07, 6.45) is 5.42. The molecule has 0 unspecified atom stereocenters. The van der Waals surface area contributed by atoms with Gasteiger partial charge in [-0.3, -0.25) is 19.7 Å². The highest BCUT2D eigenvalue weighted by Crippen LogP contribution is 2.21. The average molecular weight is 352 g/mol. The van der Waals surface area contributed by atoms with Crippen molar-refractivity contribution < 1.29 is 19.2 Å². The van der Waals surface area contributed by atoms with Crippen LogP contribution in [-0.2, 0) is 14.3 Å². The third-order valence-electron chi connectivity index (χ3n) is 3.74. The van der Waals surface area contributed by atoms with Gasteiger partial charge in [-0.2, -0.15) is 0 Å². The molecule has 0 bridgehead atoms. The summed E-state index contributed by atoms with van der Waals surface area (Å²) < 4.78 is 4.95. The molecule has 1 fully saturated rings. The molecule has 130 valence electrons. The molecule has 1 aromatic carbocycles. The number of non-ortho nitro benzene ring substituents is 1. The Morgan fingerprint density at radius 2 is 1.88 bits per heavy atom. The summed E-state index contributed by atoms with van der Waals surface area (Å²) in [5.41, 5.74) is 0.00121. The Morgan fingerprint density at radius 1 is 1.21 bits per heavy atom. The Balaban J connectivity index is 1.65. The molecule has 0 aliphatic heterocycles. The summed E-state index contributed by atoms with van der Waals surface area (Å²) in [5, 5.41) is 13.4. The van der Waals surface area contributed by atoms with Gasteiger partial charge in [0.2, 0.25) is 0 Å². The minimum absolute atomic E-state index is 0.00121. The van der Waals surface area contributed by atoms with Crippen LogP contribution in [0.4, 0.5) is 5.69 Å². The molecule has 1 aliphatic carbocycles. The number of nitrogens with zero attached hydrogens (tertiary/aromatic N) is 1. The number of hydrogen-bond acceptors (Lipinski definition) is 6. The van der Waals surface area contributed by atoms with Crippen LogP contribution in [-0.4, -0.2) is 35.2 Å². The largest absolute Gasteiger partial charge is 0.455 e. The fourth-order valence-corrected chi connectivity index (χ4v) is 3.21. The van der Waals surface area contributed by atoms with E-state index in [0.717, 1.165) is 30.6 Å². The topological polar surface area (TPSA) is 98.5 Å². The Bertz CT molecular complexity index is 585. The van der Waals surface area contributed by atoms with Gasteiger partial charge < -0.3 is 10.1 Å². The van der Waals surface area contributed by atoms with Crippen molar-refractivity contribution in [3.8, 4) is 0 Å². The lowest BCUT2D eigenvalue weighted by Crippen LogP contribution is -2.38. The van der Waals surface area contributed by atoms with Crippen LogP contribution in [0.15, 0.2) is 29.2 Å². The third-order valence-corrected chi connectivity index (χ3v) is 4.72. The van der Waals surface area contributed by atoms with Crippen molar-refractivity contribution in [3.05, 3.63) is 34.4 Å². The van der Waals surface area contributed by atoms with Gasteiger partial charge in [-0.05, 0) is 25.0 Å². The van der Waals surface area contributed by atoms with Gasteiger partial charge in [0.25, 0.3) is 11.6 Å². The number of thioether (sulfide) groups is 1. The molecule has 1 aromatic rings. The molecular formula is C16H20N2O5S. The van der Waals surface area contributed by atoms with E-state index in [1.165, 1.54) is 30.3 Å². The zero-order chi connectivity index (χ0) is 17.4. The SMILES string of the molecule is O=C(COC(=O)CSc1ccc([N+](=O)[O-])cc1)NC1CCCCC1. The lowest BCUT2D eigenvalue weighted by atomic mass is 9.95. The number of ether oxygens (including phenoxy) is 1. The summed E-state index contributed by atoms with van der Waals surface area (Å²) in [6, 6.07) is 6.10. The maximum atomic E-state index is 11.7. The van der Waals surface area contributed by atoms with E-state index in [9.17, 15) is 19.7 Å². The molecule has 0 spiro atoms. The lowest BCUT2D eigenvalue weighted by molar-refractivity contribution is -0.384. The summed E-state index contributed by atoms with van der Waals surface area (Å²) in [6.45, 7) is -0.268. The molecule has 0 heterocycles. The number of benzene rings is 1. The van der Waals surface area contributed by atoms with Crippen LogP contribution < -0.4 is 5.32 Å². The van der Waals surface area contributed by atoms with Crippen LogP contribution in [0.3, 0.4) is 0 Å². The number of nitro benzene ring substituents is 1. The molecule has 7 nitrogen and oxygen atoms in total. The second-order valence-electron chi connectivity index (χ2n) is 5.60. The predicted octanol–water partition coefficient (Wildman–Crippen LogP) is 2.68. The molecule has 1 saturated carbocycles. The molecule has 8 heteroatoms. The minimum Gasteiger partial charge on any atom is -0.455 e. The predicted molar refractivity (Wildman–Crippen MR) is 89.8 cm³/mol. The first-order chi connectivity index (χ1) is 11.5. The van der Waals surface area contributed by atoms with E-state index in [-0.39, 0.29) is 30.0 Å². The smallest absolute Gasteiger partial charge is 0.316 e. The Morgan fingerprint density at radius 3 is 2.50 bits per heavy atom. The van der Waals surface area contributed by atoms with Gasteiger partial charge in [0.05, 0.1) is 10.7 Å². The van der Waals surface area contributed by atoms with E-state index in [2.05, 4.69) is 5.32 Å². The van der Waals surface area contributed by atoms with E-state index in [1.54, 1.807) is 12.1 Å². The van der Waals surface area contributed by atoms with E-state index in [4.69, 9.17) is 4.74 Å². The molecule has 0 radical (unpaired) electrons. The zero-order valence-electron chi connectivity index (χ0n) is 13.2. The van der Waals surface area contributed by atoms with Crippen LogP contribution in [0.1, 0.15) is 32.1 Å². The summed E-state index contributed by atoms with van der Waals surface area (Å²) in [5.74, 6) is -0.707. The van der Waals surface area contributed by atoms with Crippen LogP contribution >= 0.6 is 11.8 Å². The molecule has 2 rings (SSSR count). The van der Waals surface area contributed by atoms with Gasteiger partial charge in [-0.25, -0.2) is 0 Å².